The minimum Gasteiger partial charge on any atom is -0.493 e. The number of ether oxygens (including phenoxy) is 1. The summed E-state index contributed by atoms with van der Waals surface area (Å²) in [4.78, 5) is 19.7. The number of hydrogen-bond acceptors (Lipinski definition) is 4. The second-order valence-corrected chi connectivity index (χ2v) is 8.26. The van der Waals surface area contributed by atoms with E-state index < -0.39 is 0 Å². The van der Waals surface area contributed by atoms with Crippen molar-refractivity contribution in [3.05, 3.63) is 46.1 Å². The van der Waals surface area contributed by atoms with Crippen molar-refractivity contribution in [1.29, 1.82) is 0 Å². The Morgan fingerprint density at radius 1 is 1.37 bits per heavy atom. The Balaban J connectivity index is 1.61. The molecule has 0 radical (unpaired) electrons. The number of rotatable bonds is 4. The third kappa shape index (κ3) is 3.76. The monoisotopic (exact) mass is 402 g/mol. The normalized spacial score (nSPS) is 19.4. The number of thiazole rings is 1. The molecule has 1 aliphatic carbocycles. The van der Waals surface area contributed by atoms with Gasteiger partial charge in [0.2, 0.25) is 0 Å². The molecule has 1 aromatic carbocycles. The second-order valence-electron chi connectivity index (χ2n) is 6.97. The van der Waals surface area contributed by atoms with Gasteiger partial charge in [0.25, 0.3) is 5.91 Å². The zero-order valence-electron chi connectivity index (χ0n) is 15.4. The lowest BCUT2D eigenvalue weighted by Gasteiger charge is -2.37. The predicted molar refractivity (Wildman–Crippen MR) is 109 cm³/mol. The zero-order chi connectivity index (χ0) is 18.8. The maximum atomic E-state index is 13.1. The van der Waals surface area contributed by atoms with E-state index in [9.17, 15) is 4.79 Å². The molecule has 1 aromatic heterocycles. The van der Waals surface area contributed by atoms with Gasteiger partial charge in [-0.25, -0.2) is 4.98 Å². The Morgan fingerprint density at radius 2 is 2.22 bits per heavy atom. The molecule has 1 aliphatic heterocycles. The third-order valence-corrected chi connectivity index (χ3v) is 6.33. The van der Waals surface area contributed by atoms with Crippen molar-refractivity contribution >= 4 is 28.8 Å². The number of fused-ring (bicyclic) bond motifs is 1. The summed E-state index contributed by atoms with van der Waals surface area (Å²) in [5.74, 6) is 1.25. The Morgan fingerprint density at radius 3 is 3.07 bits per heavy atom. The molecule has 0 N–H and O–H groups in total. The fraction of sp³-hybridized carbons (Fsp3) is 0.429. The van der Waals surface area contributed by atoms with Crippen LogP contribution >= 0.6 is 22.9 Å². The van der Waals surface area contributed by atoms with Gasteiger partial charge in [-0.3, -0.25) is 4.79 Å². The van der Waals surface area contributed by atoms with Gasteiger partial charge < -0.3 is 9.64 Å². The largest absolute Gasteiger partial charge is 0.493 e. The van der Waals surface area contributed by atoms with Crippen molar-refractivity contribution in [3.63, 3.8) is 0 Å². The SMILES string of the molecule is CCOc1cc(Cl)ccc1-c1nc(C(=O)N2CCCC3CCCC=C32)cs1. The Hall–Kier alpha value is -1.85. The molecule has 1 amide bonds. The number of amides is 1. The molecule has 6 heteroatoms. The lowest BCUT2D eigenvalue weighted by atomic mass is 9.85. The molecule has 2 aliphatic rings. The first kappa shape index (κ1) is 18.5. The van der Waals surface area contributed by atoms with E-state index in [0.29, 0.717) is 29.0 Å². The number of hydrogen-bond donors (Lipinski definition) is 0. The van der Waals surface area contributed by atoms with Crippen molar-refractivity contribution in [2.75, 3.05) is 13.2 Å². The standard InChI is InChI=1S/C21H23ClN2O2S/c1-2-26-19-12-15(22)9-10-16(19)20-23-17(13-27-20)21(25)24-11-5-7-14-6-3-4-8-18(14)24/h8-10,12-14H,2-7,11H2,1H3. The molecule has 4 rings (SSSR count). The molecule has 0 spiro atoms. The van der Waals surface area contributed by atoms with Gasteiger partial charge >= 0.3 is 0 Å². The number of halogens is 1. The van der Waals surface area contributed by atoms with Crippen LogP contribution in [-0.4, -0.2) is 28.9 Å². The molecule has 27 heavy (non-hydrogen) atoms. The van der Waals surface area contributed by atoms with Crippen LogP contribution in [0.5, 0.6) is 5.75 Å². The molecule has 1 saturated heterocycles. The molecule has 142 valence electrons. The van der Waals surface area contributed by atoms with Crippen molar-refractivity contribution in [1.82, 2.24) is 9.88 Å². The summed E-state index contributed by atoms with van der Waals surface area (Å²) in [7, 11) is 0. The first-order valence-corrected chi connectivity index (χ1v) is 10.8. The zero-order valence-corrected chi connectivity index (χ0v) is 17.0. The number of carbonyl (C=O) groups is 1. The van der Waals surface area contributed by atoms with Crippen LogP contribution in [0.15, 0.2) is 35.4 Å². The Labute approximate surface area is 168 Å². The summed E-state index contributed by atoms with van der Waals surface area (Å²) in [5, 5.41) is 3.26. The third-order valence-electron chi connectivity index (χ3n) is 5.22. The second kappa shape index (κ2) is 8.03. The van der Waals surface area contributed by atoms with Gasteiger partial charge in [-0.1, -0.05) is 17.7 Å². The van der Waals surface area contributed by atoms with E-state index in [4.69, 9.17) is 16.3 Å². The van der Waals surface area contributed by atoms with Gasteiger partial charge in [-0.05, 0) is 63.1 Å². The first-order valence-electron chi connectivity index (χ1n) is 9.57. The number of nitrogens with zero attached hydrogens (tertiary/aromatic N) is 2. The van der Waals surface area contributed by atoms with Gasteiger partial charge in [0.1, 0.15) is 16.5 Å². The van der Waals surface area contributed by atoms with E-state index in [2.05, 4.69) is 11.1 Å². The minimum absolute atomic E-state index is 0.0160. The molecular weight excluding hydrogens is 380 g/mol. The molecule has 4 nitrogen and oxygen atoms in total. The van der Waals surface area contributed by atoms with Crippen LogP contribution in [0.2, 0.25) is 5.02 Å². The molecule has 2 aromatic rings. The molecular formula is C21H23ClN2O2S. The van der Waals surface area contributed by atoms with Crippen molar-refractivity contribution < 1.29 is 9.53 Å². The van der Waals surface area contributed by atoms with E-state index in [1.165, 1.54) is 36.3 Å². The number of piperidine rings is 1. The fourth-order valence-electron chi connectivity index (χ4n) is 3.98. The number of allylic oxidation sites excluding steroid dienone is 2. The van der Waals surface area contributed by atoms with E-state index >= 15 is 0 Å². The van der Waals surface area contributed by atoms with Crippen LogP contribution in [-0.2, 0) is 0 Å². The van der Waals surface area contributed by atoms with E-state index in [1.807, 2.05) is 29.3 Å². The van der Waals surface area contributed by atoms with Crippen LogP contribution < -0.4 is 4.74 Å². The van der Waals surface area contributed by atoms with Gasteiger partial charge in [0, 0.05) is 22.6 Å². The van der Waals surface area contributed by atoms with Gasteiger partial charge in [-0.2, -0.15) is 0 Å². The van der Waals surface area contributed by atoms with E-state index in [0.717, 1.165) is 30.0 Å². The van der Waals surface area contributed by atoms with Crippen molar-refractivity contribution in [2.45, 2.75) is 39.0 Å². The number of carbonyl (C=O) groups excluding carboxylic acids is 1. The van der Waals surface area contributed by atoms with Crippen molar-refractivity contribution in [2.24, 2.45) is 5.92 Å². The van der Waals surface area contributed by atoms with E-state index in [-0.39, 0.29) is 5.91 Å². The van der Waals surface area contributed by atoms with Gasteiger partial charge in [0.15, 0.2) is 0 Å². The predicted octanol–water partition coefficient (Wildman–Crippen LogP) is 5.78. The lowest BCUT2D eigenvalue weighted by Crippen LogP contribution is -2.39. The molecule has 1 fully saturated rings. The molecule has 1 unspecified atom stereocenters. The highest BCUT2D eigenvalue weighted by atomic mass is 35.5. The first-order chi connectivity index (χ1) is 13.2. The molecule has 0 bridgehead atoms. The Bertz CT molecular complexity index is 877. The summed E-state index contributed by atoms with van der Waals surface area (Å²) < 4.78 is 5.71. The highest BCUT2D eigenvalue weighted by Crippen LogP contribution is 2.37. The topological polar surface area (TPSA) is 42.4 Å². The number of benzene rings is 1. The summed E-state index contributed by atoms with van der Waals surface area (Å²) in [6.45, 7) is 3.28. The highest BCUT2D eigenvalue weighted by molar-refractivity contribution is 7.13. The number of likely N-dealkylation sites (tertiary alicyclic amines) is 1. The van der Waals surface area contributed by atoms with Crippen molar-refractivity contribution in [3.8, 4) is 16.3 Å². The van der Waals surface area contributed by atoms with Crippen LogP contribution in [0.25, 0.3) is 10.6 Å². The highest BCUT2D eigenvalue weighted by Gasteiger charge is 2.31. The van der Waals surface area contributed by atoms with Crippen LogP contribution in [0.3, 0.4) is 0 Å². The van der Waals surface area contributed by atoms with Crippen LogP contribution in [0.1, 0.15) is 49.5 Å². The molecule has 1 atom stereocenters. The quantitative estimate of drug-likeness (QED) is 0.650. The van der Waals surface area contributed by atoms with Gasteiger partial charge in [-0.15, -0.1) is 11.3 Å². The van der Waals surface area contributed by atoms with Gasteiger partial charge in [0.05, 0.1) is 12.2 Å². The maximum absolute atomic E-state index is 13.1. The Kier molecular flexibility index (Phi) is 5.50. The summed E-state index contributed by atoms with van der Waals surface area (Å²) in [6, 6.07) is 5.52. The minimum atomic E-state index is 0.0160. The number of aromatic nitrogens is 1. The molecule has 2 heterocycles. The maximum Gasteiger partial charge on any atom is 0.277 e. The summed E-state index contributed by atoms with van der Waals surface area (Å²) >= 11 is 7.57. The fourth-order valence-corrected chi connectivity index (χ4v) is 4.96. The average molecular weight is 403 g/mol. The average Bonchev–Trinajstić information content (AvgIpc) is 3.17. The lowest BCUT2D eigenvalue weighted by molar-refractivity contribution is 0.0744. The smallest absolute Gasteiger partial charge is 0.277 e. The molecule has 0 saturated carbocycles. The summed E-state index contributed by atoms with van der Waals surface area (Å²) in [6.07, 6.45) is 8.01. The van der Waals surface area contributed by atoms with Crippen LogP contribution in [0, 0.1) is 5.92 Å². The van der Waals surface area contributed by atoms with E-state index in [1.54, 1.807) is 6.07 Å². The summed E-state index contributed by atoms with van der Waals surface area (Å²) in [5.41, 5.74) is 2.60. The van der Waals surface area contributed by atoms with Crippen LogP contribution in [0.4, 0.5) is 0 Å².